The average Bonchev–Trinajstić information content (AvgIpc) is 2.96. The van der Waals surface area contributed by atoms with Crippen molar-refractivity contribution in [3.05, 3.63) is 65.9 Å². The van der Waals surface area contributed by atoms with Crippen molar-refractivity contribution in [3.8, 4) is 17.4 Å². The molecule has 0 saturated heterocycles. The highest BCUT2D eigenvalue weighted by molar-refractivity contribution is 5.42. The van der Waals surface area contributed by atoms with Crippen LogP contribution in [0.25, 0.3) is 0 Å². The smallest absolute Gasteiger partial charge is 0.223 e. The molecule has 0 atom stereocenters. The van der Waals surface area contributed by atoms with E-state index in [-0.39, 0.29) is 0 Å². The van der Waals surface area contributed by atoms with Gasteiger partial charge in [0.1, 0.15) is 5.82 Å². The van der Waals surface area contributed by atoms with Gasteiger partial charge in [-0.3, -0.25) is 0 Å². The third kappa shape index (κ3) is 3.97. The van der Waals surface area contributed by atoms with Crippen molar-refractivity contribution in [1.29, 1.82) is 0 Å². The normalized spacial score (nSPS) is 10.7. The quantitative estimate of drug-likeness (QED) is 0.717. The second kappa shape index (κ2) is 7.81. The molecule has 3 aromatic rings. The maximum absolute atomic E-state index is 5.97. The van der Waals surface area contributed by atoms with Gasteiger partial charge in [0.05, 0.1) is 12.8 Å². The lowest BCUT2D eigenvalue weighted by Gasteiger charge is -2.13. The summed E-state index contributed by atoms with van der Waals surface area (Å²) in [6, 6.07) is 11.4. The monoisotopic (exact) mass is 338 g/mol. The van der Waals surface area contributed by atoms with Crippen LogP contribution in [0.3, 0.4) is 0 Å². The van der Waals surface area contributed by atoms with Crippen LogP contribution in [0, 0.1) is 6.92 Å². The number of para-hydroxylation sites is 2. The highest BCUT2D eigenvalue weighted by Crippen LogP contribution is 2.31. The number of benzene rings is 1. The predicted octanol–water partition coefficient (Wildman–Crippen LogP) is 3.21. The summed E-state index contributed by atoms with van der Waals surface area (Å²) < 4.78 is 13.4. The SMILES string of the molecule is COc1ccccc1Oc1ncccc1CNCc1cnc(C)n1C. The lowest BCUT2D eigenvalue weighted by Crippen LogP contribution is -2.16. The van der Waals surface area contributed by atoms with Crippen LogP contribution in [-0.2, 0) is 20.1 Å². The molecule has 0 fully saturated rings. The zero-order valence-electron chi connectivity index (χ0n) is 14.7. The van der Waals surface area contributed by atoms with E-state index in [1.165, 1.54) is 0 Å². The van der Waals surface area contributed by atoms with Crippen LogP contribution in [0.2, 0.25) is 0 Å². The third-order valence-corrected chi connectivity index (χ3v) is 4.06. The van der Waals surface area contributed by atoms with Crippen molar-refractivity contribution < 1.29 is 9.47 Å². The standard InChI is InChI=1S/C19H22N4O2/c1-14-22-13-16(23(14)2)12-20-11-15-7-6-10-21-19(15)25-18-9-5-4-8-17(18)24-3/h4-10,13,20H,11-12H2,1-3H3. The Balaban J connectivity index is 1.69. The summed E-state index contributed by atoms with van der Waals surface area (Å²) in [5.41, 5.74) is 2.11. The van der Waals surface area contributed by atoms with Gasteiger partial charge in [-0.1, -0.05) is 18.2 Å². The third-order valence-electron chi connectivity index (χ3n) is 4.06. The summed E-state index contributed by atoms with van der Waals surface area (Å²) in [6.07, 6.45) is 3.61. The van der Waals surface area contributed by atoms with Crippen molar-refractivity contribution >= 4 is 0 Å². The maximum Gasteiger partial charge on any atom is 0.223 e. The Morgan fingerprint density at radius 2 is 1.84 bits per heavy atom. The molecule has 0 radical (unpaired) electrons. The minimum Gasteiger partial charge on any atom is -0.493 e. The second-order valence-corrected chi connectivity index (χ2v) is 5.68. The molecule has 0 spiro atoms. The zero-order chi connectivity index (χ0) is 17.6. The Bertz CT molecular complexity index is 845. The summed E-state index contributed by atoms with van der Waals surface area (Å²) in [7, 11) is 3.64. The van der Waals surface area contributed by atoms with E-state index in [2.05, 4.69) is 19.9 Å². The number of ether oxygens (including phenoxy) is 2. The molecule has 3 rings (SSSR count). The number of hydrogen-bond acceptors (Lipinski definition) is 5. The van der Waals surface area contributed by atoms with Gasteiger partial charge in [-0.2, -0.15) is 0 Å². The number of methoxy groups -OCH3 is 1. The molecule has 1 N–H and O–H groups in total. The van der Waals surface area contributed by atoms with Gasteiger partial charge in [-0.05, 0) is 25.1 Å². The van der Waals surface area contributed by atoms with E-state index in [1.807, 2.05) is 56.6 Å². The first-order chi connectivity index (χ1) is 12.2. The van der Waals surface area contributed by atoms with Crippen LogP contribution in [0.1, 0.15) is 17.1 Å². The molecule has 25 heavy (non-hydrogen) atoms. The van der Waals surface area contributed by atoms with E-state index in [1.54, 1.807) is 13.3 Å². The van der Waals surface area contributed by atoms with Gasteiger partial charge in [-0.15, -0.1) is 0 Å². The number of aryl methyl sites for hydroxylation is 1. The first kappa shape index (κ1) is 17.0. The Morgan fingerprint density at radius 3 is 2.56 bits per heavy atom. The minimum absolute atomic E-state index is 0.570. The van der Waals surface area contributed by atoms with Crippen molar-refractivity contribution in [3.63, 3.8) is 0 Å². The number of aromatic nitrogens is 3. The van der Waals surface area contributed by atoms with Crippen LogP contribution >= 0.6 is 0 Å². The lowest BCUT2D eigenvalue weighted by molar-refractivity contribution is 0.372. The molecule has 0 aliphatic heterocycles. The molecule has 1 aromatic carbocycles. The fourth-order valence-corrected chi connectivity index (χ4v) is 2.50. The number of pyridine rings is 1. The molecule has 0 aliphatic rings. The first-order valence-corrected chi connectivity index (χ1v) is 8.11. The molecule has 130 valence electrons. The van der Waals surface area contributed by atoms with Gasteiger partial charge in [-0.25, -0.2) is 9.97 Å². The molecule has 0 amide bonds. The summed E-state index contributed by atoms with van der Waals surface area (Å²) in [6.45, 7) is 3.35. The number of nitrogens with one attached hydrogen (secondary N) is 1. The summed E-state index contributed by atoms with van der Waals surface area (Å²) in [5, 5.41) is 3.41. The Labute approximate surface area is 147 Å². The molecule has 0 saturated carbocycles. The van der Waals surface area contributed by atoms with E-state index < -0.39 is 0 Å². The van der Waals surface area contributed by atoms with Gasteiger partial charge in [0, 0.05) is 38.1 Å². The van der Waals surface area contributed by atoms with Crippen LogP contribution in [-0.4, -0.2) is 21.6 Å². The molecular weight excluding hydrogens is 316 g/mol. The van der Waals surface area contributed by atoms with Crippen molar-refractivity contribution in [2.45, 2.75) is 20.0 Å². The summed E-state index contributed by atoms with van der Waals surface area (Å²) in [4.78, 5) is 8.67. The molecule has 0 unspecified atom stereocenters. The minimum atomic E-state index is 0.570. The molecular formula is C19H22N4O2. The van der Waals surface area contributed by atoms with Gasteiger partial charge < -0.3 is 19.4 Å². The average molecular weight is 338 g/mol. The van der Waals surface area contributed by atoms with Crippen LogP contribution in [0.4, 0.5) is 0 Å². The van der Waals surface area contributed by atoms with Crippen LogP contribution < -0.4 is 14.8 Å². The number of rotatable bonds is 7. The predicted molar refractivity (Wildman–Crippen MR) is 95.8 cm³/mol. The van der Waals surface area contributed by atoms with Gasteiger partial charge in [0.25, 0.3) is 0 Å². The van der Waals surface area contributed by atoms with E-state index in [0.29, 0.717) is 23.9 Å². The van der Waals surface area contributed by atoms with E-state index in [4.69, 9.17) is 9.47 Å². The number of hydrogen-bond donors (Lipinski definition) is 1. The second-order valence-electron chi connectivity index (χ2n) is 5.68. The van der Waals surface area contributed by atoms with E-state index in [0.717, 1.165) is 23.6 Å². The van der Waals surface area contributed by atoms with Gasteiger partial charge >= 0.3 is 0 Å². The zero-order valence-corrected chi connectivity index (χ0v) is 14.7. The fraction of sp³-hybridized carbons (Fsp3) is 0.263. The Kier molecular flexibility index (Phi) is 5.30. The highest BCUT2D eigenvalue weighted by Gasteiger charge is 2.10. The number of imidazole rings is 1. The molecule has 0 bridgehead atoms. The molecule has 2 aromatic heterocycles. The van der Waals surface area contributed by atoms with Crippen molar-refractivity contribution in [2.24, 2.45) is 7.05 Å². The molecule has 0 aliphatic carbocycles. The topological polar surface area (TPSA) is 61.2 Å². The number of nitrogens with zero attached hydrogens (tertiary/aromatic N) is 3. The van der Waals surface area contributed by atoms with E-state index in [9.17, 15) is 0 Å². The molecule has 6 heteroatoms. The Hall–Kier alpha value is -2.86. The van der Waals surface area contributed by atoms with Crippen LogP contribution in [0.15, 0.2) is 48.8 Å². The van der Waals surface area contributed by atoms with E-state index >= 15 is 0 Å². The molecule has 6 nitrogen and oxygen atoms in total. The summed E-state index contributed by atoms with van der Waals surface area (Å²) >= 11 is 0. The maximum atomic E-state index is 5.97. The highest BCUT2D eigenvalue weighted by atomic mass is 16.5. The fourth-order valence-electron chi connectivity index (χ4n) is 2.50. The van der Waals surface area contributed by atoms with Gasteiger partial charge in [0.15, 0.2) is 11.5 Å². The first-order valence-electron chi connectivity index (χ1n) is 8.11. The van der Waals surface area contributed by atoms with Crippen LogP contribution in [0.5, 0.6) is 17.4 Å². The van der Waals surface area contributed by atoms with Gasteiger partial charge in [0.2, 0.25) is 5.88 Å². The van der Waals surface area contributed by atoms with Crippen molar-refractivity contribution in [1.82, 2.24) is 19.9 Å². The molecule has 2 heterocycles. The summed E-state index contributed by atoms with van der Waals surface area (Å²) in [5.74, 6) is 2.89. The largest absolute Gasteiger partial charge is 0.493 e. The Morgan fingerprint density at radius 1 is 1.04 bits per heavy atom. The van der Waals surface area contributed by atoms with Crippen molar-refractivity contribution in [2.75, 3.05) is 7.11 Å². The lowest BCUT2D eigenvalue weighted by atomic mass is 10.2.